The fourth-order valence-electron chi connectivity index (χ4n) is 5.62. The van der Waals surface area contributed by atoms with Crippen LogP contribution in [0.25, 0.3) is 0 Å². The monoisotopic (exact) mass is 364 g/mol. The molecule has 1 spiro atoms. The Bertz CT molecular complexity index is 632. The van der Waals surface area contributed by atoms with E-state index in [9.17, 15) is 8.78 Å². The van der Waals surface area contributed by atoms with Gasteiger partial charge in [0.1, 0.15) is 0 Å². The number of anilines is 1. The van der Waals surface area contributed by atoms with E-state index in [4.69, 9.17) is 4.74 Å². The van der Waals surface area contributed by atoms with Crippen LogP contribution in [0.1, 0.15) is 44.9 Å². The zero-order chi connectivity index (χ0) is 18.1. The number of methoxy groups -OCH3 is 1. The highest BCUT2D eigenvalue weighted by molar-refractivity contribution is 5.47. The van der Waals surface area contributed by atoms with E-state index >= 15 is 0 Å². The van der Waals surface area contributed by atoms with Gasteiger partial charge in [-0.1, -0.05) is 6.42 Å². The first-order valence-electron chi connectivity index (χ1n) is 10.1. The summed E-state index contributed by atoms with van der Waals surface area (Å²) in [5.74, 6) is -1.53. The first-order chi connectivity index (χ1) is 12.6. The highest BCUT2D eigenvalue weighted by Gasteiger charge is 2.46. The maximum atomic E-state index is 13.5. The van der Waals surface area contributed by atoms with Gasteiger partial charge in [0, 0.05) is 50.0 Å². The van der Waals surface area contributed by atoms with Crippen molar-refractivity contribution in [1.82, 2.24) is 4.90 Å². The molecule has 144 valence electrons. The summed E-state index contributed by atoms with van der Waals surface area (Å²) in [5, 5.41) is 0. The summed E-state index contributed by atoms with van der Waals surface area (Å²) in [7, 11) is 1.87. The van der Waals surface area contributed by atoms with Crippen molar-refractivity contribution in [2.24, 2.45) is 5.41 Å². The predicted octanol–water partition coefficient (Wildman–Crippen LogP) is 4.21. The van der Waals surface area contributed by atoms with Gasteiger partial charge in [0.2, 0.25) is 0 Å². The van der Waals surface area contributed by atoms with Crippen molar-refractivity contribution in [3.8, 4) is 0 Å². The number of halogens is 2. The van der Waals surface area contributed by atoms with Gasteiger partial charge in [-0.15, -0.1) is 0 Å². The van der Waals surface area contributed by atoms with Gasteiger partial charge in [-0.2, -0.15) is 0 Å². The minimum atomic E-state index is -0.772. The molecule has 3 fully saturated rings. The van der Waals surface area contributed by atoms with Crippen molar-refractivity contribution < 1.29 is 13.5 Å². The summed E-state index contributed by atoms with van der Waals surface area (Å²) in [6.07, 6.45) is 8.97. The molecule has 1 aliphatic carbocycles. The predicted molar refractivity (Wildman–Crippen MR) is 99.5 cm³/mol. The fraction of sp³-hybridized carbons (Fsp3) is 0.714. The summed E-state index contributed by atoms with van der Waals surface area (Å²) in [6.45, 7) is 4.18. The lowest BCUT2D eigenvalue weighted by atomic mass is 9.76. The van der Waals surface area contributed by atoms with Crippen molar-refractivity contribution in [3.63, 3.8) is 0 Å². The summed E-state index contributed by atoms with van der Waals surface area (Å²) in [5.41, 5.74) is 1.16. The lowest BCUT2D eigenvalue weighted by Gasteiger charge is -2.48. The molecule has 3 aliphatic rings. The van der Waals surface area contributed by atoms with Crippen molar-refractivity contribution in [2.45, 2.75) is 57.1 Å². The van der Waals surface area contributed by atoms with E-state index in [1.807, 2.05) is 7.11 Å². The Kier molecular flexibility index (Phi) is 5.20. The number of benzene rings is 1. The van der Waals surface area contributed by atoms with Crippen LogP contribution in [-0.2, 0) is 4.74 Å². The molecule has 26 heavy (non-hydrogen) atoms. The molecule has 0 amide bonds. The van der Waals surface area contributed by atoms with Crippen LogP contribution in [0.5, 0.6) is 0 Å². The van der Waals surface area contributed by atoms with Crippen LogP contribution >= 0.6 is 0 Å². The van der Waals surface area contributed by atoms with Crippen LogP contribution in [0.15, 0.2) is 18.2 Å². The van der Waals surface area contributed by atoms with Gasteiger partial charge in [0.25, 0.3) is 0 Å². The van der Waals surface area contributed by atoms with Gasteiger partial charge in [0.15, 0.2) is 11.6 Å². The van der Waals surface area contributed by atoms with Crippen molar-refractivity contribution >= 4 is 5.69 Å². The zero-order valence-corrected chi connectivity index (χ0v) is 15.7. The average Bonchev–Trinajstić information content (AvgIpc) is 3.05. The first-order valence-corrected chi connectivity index (χ1v) is 10.1. The molecule has 1 aromatic rings. The van der Waals surface area contributed by atoms with Crippen molar-refractivity contribution in [2.75, 3.05) is 38.2 Å². The minimum Gasteiger partial charge on any atom is -0.381 e. The zero-order valence-electron chi connectivity index (χ0n) is 15.7. The summed E-state index contributed by atoms with van der Waals surface area (Å²) in [4.78, 5) is 4.88. The Morgan fingerprint density at radius 3 is 2.50 bits per heavy atom. The maximum Gasteiger partial charge on any atom is 0.160 e. The Labute approximate surface area is 155 Å². The number of rotatable bonds is 3. The Morgan fingerprint density at radius 1 is 1.00 bits per heavy atom. The molecule has 2 atom stereocenters. The largest absolute Gasteiger partial charge is 0.381 e. The standard InChI is InChI=1S/C21H30F2N2O/c1-26-20-4-2-9-21(20)10-3-11-25(15-21)16-7-12-24(13-8-16)17-5-6-18(22)19(23)14-17/h5-6,14,16,20H,2-4,7-13,15H2,1H3/t20-,21-/m1/s1. The molecule has 0 radical (unpaired) electrons. The third kappa shape index (κ3) is 3.36. The number of nitrogens with zero attached hydrogens (tertiary/aromatic N) is 2. The lowest BCUT2D eigenvalue weighted by molar-refractivity contribution is -0.0469. The van der Waals surface area contributed by atoms with E-state index in [1.54, 1.807) is 6.07 Å². The number of likely N-dealkylation sites (tertiary alicyclic amines) is 1. The number of hydrogen-bond donors (Lipinski definition) is 0. The lowest BCUT2D eigenvalue weighted by Crippen LogP contribution is -2.53. The molecule has 0 bridgehead atoms. The average molecular weight is 364 g/mol. The van der Waals surface area contributed by atoms with Crippen LogP contribution < -0.4 is 4.90 Å². The second kappa shape index (κ2) is 7.43. The molecule has 4 rings (SSSR count). The molecule has 0 aromatic heterocycles. The van der Waals surface area contributed by atoms with Crippen LogP contribution in [0.3, 0.4) is 0 Å². The molecule has 2 heterocycles. The highest BCUT2D eigenvalue weighted by Crippen LogP contribution is 2.47. The Balaban J connectivity index is 1.38. The summed E-state index contributed by atoms with van der Waals surface area (Å²) in [6, 6.07) is 4.85. The van der Waals surface area contributed by atoms with E-state index in [0.29, 0.717) is 17.6 Å². The Hall–Kier alpha value is -1.20. The fourth-order valence-corrected chi connectivity index (χ4v) is 5.62. The highest BCUT2D eigenvalue weighted by atomic mass is 19.2. The summed E-state index contributed by atoms with van der Waals surface area (Å²) >= 11 is 0. The van der Waals surface area contributed by atoms with Crippen LogP contribution in [0.4, 0.5) is 14.5 Å². The van der Waals surface area contributed by atoms with Crippen LogP contribution in [-0.4, -0.2) is 50.3 Å². The molecule has 2 saturated heterocycles. The minimum absolute atomic E-state index is 0.365. The second-order valence-corrected chi connectivity index (χ2v) is 8.37. The number of ether oxygens (including phenoxy) is 1. The van der Waals surface area contributed by atoms with Crippen molar-refractivity contribution in [3.05, 3.63) is 29.8 Å². The molecule has 5 heteroatoms. The molecule has 2 aliphatic heterocycles. The molecule has 0 unspecified atom stereocenters. The molecule has 1 aromatic carbocycles. The topological polar surface area (TPSA) is 15.7 Å². The quantitative estimate of drug-likeness (QED) is 0.799. The smallest absolute Gasteiger partial charge is 0.160 e. The number of piperidine rings is 2. The van der Waals surface area contributed by atoms with Gasteiger partial charge >= 0.3 is 0 Å². The van der Waals surface area contributed by atoms with E-state index < -0.39 is 11.6 Å². The Morgan fingerprint density at radius 2 is 1.77 bits per heavy atom. The van der Waals surface area contributed by atoms with Gasteiger partial charge in [0.05, 0.1) is 6.10 Å². The SMILES string of the molecule is CO[C@@H]1CCC[C@]12CCCN(C1CCN(c3ccc(F)c(F)c3)CC1)C2. The van der Waals surface area contributed by atoms with Gasteiger partial charge in [-0.3, -0.25) is 4.90 Å². The van der Waals surface area contributed by atoms with Gasteiger partial charge in [-0.25, -0.2) is 8.78 Å². The molecule has 0 N–H and O–H groups in total. The van der Waals surface area contributed by atoms with E-state index in [2.05, 4.69) is 9.80 Å². The van der Waals surface area contributed by atoms with Crippen molar-refractivity contribution in [1.29, 1.82) is 0 Å². The first kappa shape index (κ1) is 18.2. The maximum absolute atomic E-state index is 13.5. The summed E-state index contributed by atoms with van der Waals surface area (Å²) < 4.78 is 32.5. The van der Waals surface area contributed by atoms with Crippen LogP contribution in [0, 0.1) is 17.0 Å². The second-order valence-electron chi connectivity index (χ2n) is 8.37. The van der Waals surface area contributed by atoms with E-state index in [-0.39, 0.29) is 0 Å². The van der Waals surface area contributed by atoms with Gasteiger partial charge in [-0.05, 0) is 57.2 Å². The van der Waals surface area contributed by atoms with Crippen LogP contribution in [0.2, 0.25) is 0 Å². The normalized spacial score (nSPS) is 31.0. The molecule has 3 nitrogen and oxygen atoms in total. The molecular formula is C21H30F2N2O. The third-order valence-electron chi connectivity index (χ3n) is 7.00. The third-order valence-corrected chi connectivity index (χ3v) is 7.00. The molecule has 1 saturated carbocycles. The van der Waals surface area contributed by atoms with E-state index in [1.165, 1.54) is 57.3 Å². The molecular weight excluding hydrogens is 334 g/mol. The number of hydrogen-bond acceptors (Lipinski definition) is 3. The van der Waals surface area contributed by atoms with E-state index in [0.717, 1.165) is 31.6 Å². The van der Waals surface area contributed by atoms with Gasteiger partial charge < -0.3 is 9.64 Å².